The first-order chi connectivity index (χ1) is 23.7. The molecule has 0 radical (unpaired) electrons. The number of para-hydroxylation sites is 3. The molecule has 0 aliphatic carbocycles. The Morgan fingerprint density at radius 2 is 0.438 bits per heavy atom. The Balaban J connectivity index is 1.09. The van der Waals surface area contributed by atoms with Gasteiger partial charge in [0.25, 0.3) is 0 Å². The lowest BCUT2D eigenvalue weighted by molar-refractivity contribution is 0.410. The van der Waals surface area contributed by atoms with Gasteiger partial charge < -0.3 is 28.4 Å². The fraction of sp³-hybridized carbons (Fsp3) is 0. The van der Waals surface area contributed by atoms with Gasteiger partial charge >= 0.3 is 0 Å². The molecule has 7 aromatic carbocycles. The Labute approximate surface area is 278 Å². The molecule has 0 N–H and O–H groups in total. The van der Waals surface area contributed by atoms with E-state index in [1.54, 1.807) is 6.07 Å². The molecule has 0 aromatic heterocycles. The molecule has 0 bridgehead atoms. The van der Waals surface area contributed by atoms with Crippen LogP contribution in [0.3, 0.4) is 0 Å². The SMILES string of the molecule is c1ccc(Oc2ccc(Oc3ccc(Oc4ccc(Oc5ccccc5)cc4)c(Oc4ccc(Oc5ccccc5)cc4)c3)cc2)cc1. The van der Waals surface area contributed by atoms with Crippen LogP contribution in [-0.4, -0.2) is 0 Å². The molecule has 0 aliphatic heterocycles. The highest BCUT2D eigenvalue weighted by Crippen LogP contribution is 2.40. The smallest absolute Gasteiger partial charge is 0.173 e. The van der Waals surface area contributed by atoms with Gasteiger partial charge in [-0.3, -0.25) is 0 Å². The molecule has 234 valence electrons. The maximum atomic E-state index is 6.35. The van der Waals surface area contributed by atoms with Crippen LogP contribution in [0.25, 0.3) is 0 Å². The third-order valence-corrected chi connectivity index (χ3v) is 7.01. The molecule has 0 aliphatic rings. The summed E-state index contributed by atoms with van der Waals surface area (Å²) >= 11 is 0. The second-order valence-corrected chi connectivity index (χ2v) is 10.6. The van der Waals surface area contributed by atoms with Gasteiger partial charge in [0.1, 0.15) is 57.5 Å². The molecule has 6 nitrogen and oxygen atoms in total. The fourth-order valence-electron chi connectivity index (χ4n) is 4.71. The summed E-state index contributed by atoms with van der Waals surface area (Å²) in [6.45, 7) is 0. The van der Waals surface area contributed by atoms with Crippen molar-refractivity contribution in [1.82, 2.24) is 0 Å². The maximum Gasteiger partial charge on any atom is 0.173 e. The molecule has 0 unspecified atom stereocenters. The third-order valence-electron chi connectivity index (χ3n) is 7.01. The zero-order chi connectivity index (χ0) is 32.4. The second-order valence-electron chi connectivity index (χ2n) is 10.6. The second kappa shape index (κ2) is 14.6. The average molecular weight is 631 g/mol. The minimum absolute atomic E-state index is 0.470. The topological polar surface area (TPSA) is 55.4 Å². The molecule has 7 aromatic rings. The van der Waals surface area contributed by atoms with E-state index in [1.165, 1.54) is 0 Å². The first kappa shape index (κ1) is 30.0. The molecular weight excluding hydrogens is 600 g/mol. The molecule has 0 heterocycles. The Kier molecular flexibility index (Phi) is 9.15. The van der Waals surface area contributed by atoms with Crippen molar-refractivity contribution in [2.45, 2.75) is 0 Å². The lowest BCUT2D eigenvalue weighted by Gasteiger charge is -2.15. The largest absolute Gasteiger partial charge is 0.457 e. The van der Waals surface area contributed by atoms with Gasteiger partial charge in [-0.05, 0) is 121 Å². The van der Waals surface area contributed by atoms with E-state index in [1.807, 2.05) is 176 Å². The summed E-state index contributed by atoms with van der Waals surface area (Å²) in [5, 5.41) is 0. The van der Waals surface area contributed by atoms with Crippen molar-refractivity contribution in [1.29, 1.82) is 0 Å². The van der Waals surface area contributed by atoms with Gasteiger partial charge in [-0.1, -0.05) is 54.6 Å². The minimum Gasteiger partial charge on any atom is -0.457 e. The van der Waals surface area contributed by atoms with E-state index in [-0.39, 0.29) is 0 Å². The lowest BCUT2D eigenvalue weighted by Crippen LogP contribution is -1.93. The molecule has 48 heavy (non-hydrogen) atoms. The maximum absolute atomic E-state index is 6.35. The third kappa shape index (κ3) is 8.13. The van der Waals surface area contributed by atoms with Crippen LogP contribution in [0, 0.1) is 0 Å². The van der Waals surface area contributed by atoms with Crippen molar-refractivity contribution in [3.63, 3.8) is 0 Å². The number of hydrogen-bond donors (Lipinski definition) is 0. The molecule has 7 rings (SSSR count). The van der Waals surface area contributed by atoms with E-state index in [0.717, 1.165) is 17.2 Å². The number of rotatable bonds is 12. The van der Waals surface area contributed by atoms with Crippen molar-refractivity contribution in [2.75, 3.05) is 0 Å². The molecule has 0 atom stereocenters. The number of ether oxygens (including phenoxy) is 6. The van der Waals surface area contributed by atoms with Crippen molar-refractivity contribution >= 4 is 0 Å². The van der Waals surface area contributed by atoms with Crippen LogP contribution < -0.4 is 28.4 Å². The first-order valence-corrected chi connectivity index (χ1v) is 15.4. The van der Waals surface area contributed by atoms with E-state index < -0.39 is 0 Å². The van der Waals surface area contributed by atoms with E-state index >= 15 is 0 Å². The molecule has 6 heteroatoms. The van der Waals surface area contributed by atoms with E-state index in [2.05, 4.69) is 0 Å². The Morgan fingerprint density at radius 3 is 0.792 bits per heavy atom. The molecule has 0 saturated carbocycles. The van der Waals surface area contributed by atoms with Crippen molar-refractivity contribution in [2.24, 2.45) is 0 Å². The molecule has 0 amide bonds. The zero-order valence-corrected chi connectivity index (χ0v) is 25.8. The predicted octanol–water partition coefficient (Wildman–Crippen LogP) is 12.4. The summed E-state index contributed by atoms with van der Waals surface area (Å²) < 4.78 is 36.6. The summed E-state index contributed by atoms with van der Waals surface area (Å²) in [7, 11) is 0. The Morgan fingerprint density at radius 1 is 0.188 bits per heavy atom. The number of hydrogen-bond acceptors (Lipinski definition) is 6. The monoisotopic (exact) mass is 630 g/mol. The van der Waals surface area contributed by atoms with Gasteiger partial charge in [0.05, 0.1) is 0 Å². The highest BCUT2D eigenvalue weighted by atomic mass is 16.5. The van der Waals surface area contributed by atoms with Crippen LogP contribution in [-0.2, 0) is 0 Å². The molecular formula is C42H30O6. The van der Waals surface area contributed by atoms with Crippen LogP contribution in [0.2, 0.25) is 0 Å². The summed E-state index contributed by atoms with van der Waals surface area (Å²) in [6.07, 6.45) is 0. The summed E-state index contributed by atoms with van der Waals surface area (Å²) in [5.74, 6) is 7.81. The highest BCUT2D eigenvalue weighted by molar-refractivity contribution is 5.51. The zero-order valence-electron chi connectivity index (χ0n) is 25.8. The van der Waals surface area contributed by atoms with E-state index in [9.17, 15) is 0 Å². The van der Waals surface area contributed by atoms with Crippen molar-refractivity contribution < 1.29 is 28.4 Å². The molecule has 0 spiro atoms. The quantitative estimate of drug-likeness (QED) is 0.134. The lowest BCUT2D eigenvalue weighted by atomic mass is 10.2. The normalized spacial score (nSPS) is 10.5. The standard InChI is InChI=1S/C42H30O6/c1-4-10-31(11-5-1)43-34-16-18-37(19-17-34)46-40-28-29-41(47-38-24-20-35(21-25-38)44-32-12-6-2-7-13-32)42(30-40)48-39-26-22-36(23-27-39)45-33-14-8-3-9-15-33/h1-30H. The summed E-state index contributed by atoms with van der Waals surface area (Å²) in [6, 6.07) is 56.6. The Hall–Kier alpha value is -6.66. The molecule has 0 fully saturated rings. The van der Waals surface area contributed by atoms with Crippen LogP contribution in [0.4, 0.5) is 0 Å². The van der Waals surface area contributed by atoms with Crippen LogP contribution in [0.5, 0.6) is 69.0 Å². The van der Waals surface area contributed by atoms with Gasteiger partial charge in [-0.25, -0.2) is 0 Å². The summed E-state index contributed by atoms with van der Waals surface area (Å²) in [5.41, 5.74) is 0. The van der Waals surface area contributed by atoms with Gasteiger partial charge in [0.2, 0.25) is 0 Å². The van der Waals surface area contributed by atoms with Gasteiger partial charge in [-0.2, -0.15) is 0 Å². The van der Waals surface area contributed by atoms with Crippen LogP contribution >= 0.6 is 0 Å². The van der Waals surface area contributed by atoms with Gasteiger partial charge in [0.15, 0.2) is 11.5 Å². The van der Waals surface area contributed by atoms with Crippen LogP contribution in [0.15, 0.2) is 182 Å². The van der Waals surface area contributed by atoms with Crippen molar-refractivity contribution in [3.8, 4) is 69.0 Å². The minimum atomic E-state index is 0.470. The van der Waals surface area contributed by atoms with Gasteiger partial charge in [-0.15, -0.1) is 0 Å². The van der Waals surface area contributed by atoms with Crippen molar-refractivity contribution in [3.05, 3.63) is 182 Å². The Bertz CT molecular complexity index is 2030. The molecule has 0 saturated heterocycles. The first-order valence-electron chi connectivity index (χ1n) is 15.4. The fourth-order valence-corrected chi connectivity index (χ4v) is 4.71. The van der Waals surface area contributed by atoms with E-state index in [0.29, 0.717) is 51.7 Å². The number of benzene rings is 7. The van der Waals surface area contributed by atoms with Crippen LogP contribution in [0.1, 0.15) is 0 Å². The van der Waals surface area contributed by atoms with Gasteiger partial charge in [0, 0.05) is 6.07 Å². The highest BCUT2D eigenvalue weighted by Gasteiger charge is 2.12. The predicted molar refractivity (Wildman–Crippen MR) is 186 cm³/mol. The summed E-state index contributed by atoms with van der Waals surface area (Å²) in [4.78, 5) is 0. The van der Waals surface area contributed by atoms with E-state index in [4.69, 9.17) is 28.4 Å². The average Bonchev–Trinajstić information content (AvgIpc) is 3.13.